The van der Waals surface area contributed by atoms with Crippen LogP contribution in [0.2, 0.25) is 0 Å². The van der Waals surface area contributed by atoms with Crippen LogP contribution in [0.15, 0.2) is 24.3 Å². The number of methoxy groups -OCH3 is 1. The number of ether oxygens (including phenoxy) is 1. The average molecular weight is 500 g/mol. The Morgan fingerprint density at radius 2 is 1.70 bits per heavy atom. The van der Waals surface area contributed by atoms with Gasteiger partial charge in [-0.3, -0.25) is 19.3 Å². The van der Waals surface area contributed by atoms with Gasteiger partial charge in [0.1, 0.15) is 11.8 Å². The molecular weight excluding hydrogens is 480 g/mol. The molecule has 3 amide bonds. The molecule has 0 unspecified atom stereocenters. The zero-order valence-electron chi connectivity index (χ0n) is 14.9. The van der Waals surface area contributed by atoms with E-state index >= 15 is 0 Å². The zero-order valence-corrected chi connectivity index (χ0v) is 18.1. The van der Waals surface area contributed by atoms with E-state index in [1.54, 1.807) is 31.2 Å². The van der Waals surface area contributed by atoms with Crippen LogP contribution in [0, 0.1) is 23.7 Å². The number of para-hydroxylation sites is 2. The van der Waals surface area contributed by atoms with Crippen molar-refractivity contribution in [2.75, 3.05) is 12.4 Å². The summed E-state index contributed by atoms with van der Waals surface area (Å²) >= 11 is 7.34. The lowest BCUT2D eigenvalue weighted by Crippen LogP contribution is -2.46. The molecule has 2 aliphatic carbocycles. The molecule has 1 aromatic carbocycles. The Morgan fingerprint density at radius 1 is 1.15 bits per heavy atom. The Morgan fingerprint density at radius 3 is 2.26 bits per heavy atom. The molecule has 0 radical (unpaired) electrons. The number of rotatable bonds is 4. The van der Waals surface area contributed by atoms with E-state index in [0.29, 0.717) is 11.4 Å². The Hall–Kier alpha value is -1.41. The molecular formula is C19H20Br2N2O4. The number of carbonyl (C=O) groups excluding carboxylic acids is 3. The van der Waals surface area contributed by atoms with E-state index in [2.05, 4.69) is 37.2 Å². The van der Waals surface area contributed by atoms with Gasteiger partial charge in [-0.1, -0.05) is 44.0 Å². The fraction of sp³-hybridized carbons (Fsp3) is 0.526. The van der Waals surface area contributed by atoms with Gasteiger partial charge in [0.2, 0.25) is 17.7 Å². The van der Waals surface area contributed by atoms with Crippen LogP contribution in [0.4, 0.5) is 5.69 Å². The van der Waals surface area contributed by atoms with Gasteiger partial charge in [-0.05, 0) is 37.3 Å². The first-order chi connectivity index (χ1) is 12.9. The summed E-state index contributed by atoms with van der Waals surface area (Å²) in [5, 5.41) is 2.77. The lowest BCUT2D eigenvalue weighted by molar-refractivity contribution is -0.146. The largest absolute Gasteiger partial charge is 0.495 e. The van der Waals surface area contributed by atoms with E-state index in [-0.39, 0.29) is 45.1 Å². The molecule has 144 valence electrons. The molecule has 1 aromatic rings. The number of nitrogens with zero attached hydrogens (tertiary/aromatic N) is 1. The van der Waals surface area contributed by atoms with Crippen LogP contribution in [0.1, 0.15) is 13.3 Å². The number of fused-ring (bicyclic) bond motifs is 5. The maximum Gasteiger partial charge on any atom is 0.247 e. The van der Waals surface area contributed by atoms with Gasteiger partial charge in [-0.15, -0.1) is 0 Å². The van der Waals surface area contributed by atoms with Gasteiger partial charge in [-0.2, -0.15) is 0 Å². The number of benzene rings is 1. The molecule has 8 heteroatoms. The number of hydrogen-bond donors (Lipinski definition) is 1. The van der Waals surface area contributed by atoms with Crippen LogP contribution >= 0.6 is 31.9 Å². The summed E-state index contributed by atoms with van der Waals surface area (Å²) in [4.78, 5) is 40.3. The number of hydrogen-bond acceptors (Lipinski definition) is 4. The summed E-state index contributed by atoms with van der Waals surface area (Å²) in [6, 6.07) is 6.17. The Bertz CT molecular complexity index is 785. The number of amides is 3. The standard InChI is InChI=1S/C19H20Br2N2O4/c1-8(17(24)22-11-5-3-4-6-12(11)27-2)23-18(25)13-9-7-10(14(13)19(23)26)16(21)15(9)20/h3-6,8-10,13-16H,7H2,1-2H3,(H,22,24)/t8-,9+,10+,13-,14+,15-,16+/m1/s1. The SMILES string of the molecule is COc1ccccc1NC(=O)[C@@H](C)N1C(=O)[C@@H]2[C@@H]3C[C@H]([C@H](Br)[C@@H]3Br)[C@@H]2C1=O. The molecule has 0 spiro atoms. The average Bonchev–Trinajstić information content (AvgIpc) is 3.26. The maximum absolute atomic E-state index is 13.0. The fourth-order valence-electron chi connectivity index (χ4n) is 4.86. The van der Waals surface area contributed by atoms with E-state index in [9.17, 15) is 14.4 Å². The third-order valence-electron chi connectivity index (χ3n) is 6.15. The third-order valence-corrected chi connectivity index (χ3v) is 9.36. The predicted molar refractivity (Wildman–Crippen MR) is 107 cm³/mol. The summed E-state index contributed by atoms with van der Waals surface area (Å²) in [6.45, 7) is 1.60. The van der Waals surface area contributed by atoms with Crippen molar-refractivity contribution >= 4 is 55.3 Å². The Balaban J connectivity index is 1.54. The molecule has 2 bridgehead atoms. The molecule has 1 aliphatic heterocycles. The summed E-state index contributed by atoms with van der Waals surface area (Å²) in [7, 11) is 1.52. The quantitative estimate of drug-likeness (QED) is 0.510. The predicted octanol–water partition coefficient (Wildman–Crippen LogP) is 2.80. The third kappa shape index (κ3) is 2.75. The van der Waals surface area contributed by atoms with Crippen molar-refractivity contribution in [2.24, 2.45) is 23.7 Å². The van der Waals surface area contributed by atoms with Crippen molar-refractivity contribution in [1.29, 1.82) is 0 Å². The lowest BCUT2D eigenvalue weighted by atomic mass is 9.81. The second-order valence-corrected chi connectivity index (χ2v) is 9.53. The number of nitrogens with one attached hydrogen (secondary N) is 1. The fourth-order valence-corrected chi connectivity index (χ4v) is 6.73. The molecule has 2 saturated carbocycles. The summed E-state index contributed by atoms with van der Waals surface area (Å²) in [5.74, 6) is -0.682. The number of likely N-dealkylation sites (tertiary alicyclic amines) is 1. The summed E-state index contributed by atoms with van der Waals surface area (Å²) in [6.07, 6.45) is 0.869. The van der Waals surface area contributed by atoms with E-state index in [1.807, 2.05) is 0 Å². The summed E-state index contributed by atoms with van der Waals surface area (Å²) < 4.78 is 5.24. The van der Waals surface area contributed by atoms with Gasteiger partial charge in [0.25, 0.3) is 0 Å². The molecule has 1 heterocycles. The maximum atomic E-state index is 13.0. The molecule has 3 aliphatic rings. The topological polar surface area (TPSA) is 75.7 Å². The Kier molecular flexibility index (Phi) is 4.83. The first-order valence-electron chi connectivity index (χ1n) is 8.95. The monoisotopic (exact) mass is 498 g/mol. The second kappa shape index (κ2) is 6.88. The van der Waals surface area contributed by atoms with Crippen LogP contribution in [-0.2, 0) is 14.4 Å². The number of carbonyl (C=O) groups is 3. The highest BCUT2D eigenvalue weighted by Gasteiger charge is 2.67. The van der Waals surface area contributed by atoms with Crippen LogP contribution in [0.3, 0.4) is 0 Å². The van der Waals surface area contributed by atoms with Crippen LogP contribution in [0.25, 0.3) is 0 Å². The smallest absolute Gasteiger partial charge is 0.247 e. The highest BCUT2D eigenvalue weighted by Crippen LogP contribution is 2.60. The van der Waals surface area contributed by atoms with E-state index in [4.69, 9.17) is 4.74 Å². The van der Waals surface area contributed by atoms with Crippen LogP contribution < -0.4 is 10.1 Å². The minimum atomic E-state index is -0.873. The number of alkyl halides is 2. The Labute approximate surface area is 174 Å². The molecule has 3 fully saturated rings. The van der Waals surface area contributed by atoms with Crippen molar-refractivity contribution in [2.45, 2.75) is 29.0 Å². The molecule has 6 nitrogen and oxygen atoms in total. The number of anilines is 1. The van der Waals surface area contributed by atoms with Gasteiger partial charge in [0, 0.05) is 9.65 Å². The first-order valence-corrected chi connectivity index (χ1v) is 10.8. The molecule has 27 heavy (non-hydrogen) atoms. The van der Waals surface area contributed by atoms with Gasteiger partial charge >= 0.3 is 0 Å². The van der Waals surface area contributed by atoms with Crippen LogP contribution in [0.5, 0.6) is 5.75 Å². The van der Waals surface area contributed by atoms with Gasteiger partial charge < -0.3 is 10.1 Å². The molecule has 1 saturated heterocycles. The zero-order chi connectivity index (χ0) is 19.5. The molecule has 4 rings (SSSR count). The lowest BCUT2D eigenvalue weighted by Gasteiger charge is -2.28. The van der Waals surface area contributed by atoms with E-state index in [1.165, 1.54) is 12.0 Å². The minimum absolute atomic E-state index is 0.135. The van der Waals surface area contributed by atoms with Crippen LogP contribution in [-0.4, -0.2) is 45.4 Å². The van der Waals surface area contributed by atoms with Crippen molar-refractivity contribution in [3.8, 4) is 5.75 Å². The van der Waals surface area contributed by atoms with Gasteiger partial charge in [-0.25, -0.2) is 0 Å². The molecule has 1 N–H and O–H groups in total. The number of halogens is 2. The highest BCUT2D eigenvalue weighted by molar-refractivity contribution is 9.12. The first kappa shape index (κ1) is 18.9. The molecule has 7 atom stereocenters. The normalized spacial score (nSPS) is 35.3. The van der Waals surface area contributed by atoms with Crippen molar-refractivity contribution < 1.29 is 19.1 Å². The minimum Gasteiger partial charge on any atom is -0.495 e. The van der Waals surface area contributed by atoms with Crippen molar-refractivity contribution in [3.05, 3.63) is 24.3 Å². The summed E-state index contributed by atoms with van der Waals surface area (Å²) in [5.41, 5.74) is 0.511. The van der Waals surface area contributed by atoms with Gasteiger partial charge in [0.15, 0.2) is 0 Å². The van der Waals surface area contributed by atoms with Crippen molar-refractivity contribution in [3.63, 3.8) is 0 Å². The highest BCUT2D eigenvalue weighted by atomic mass is 79.9. The van der Waals surface area contributed by atoms with E-state index < -0.39 is 11.9 Å². The van der Waals surface area contributed by atoms with Gasteiger partial charge in [0.05, 0.1) is 24.6 Å². The molecule has 0 aromatic heterocycles. The second-order valence-electron chi connectivity index (χ2n) is 7.42. The van der Waals surface area contributed by atoms with Crippen molar-refractivity contribution in [1.82, 2.24) is 4.90 Å². The van der Waals surface area contributed by atoms with E-state index in [0.717, 1.165) is 6.42 Å². The number of imide groups is 1.